The molecule has 0 radical (unpaired) electrons. The first-order valence-corrected chi connectivity index (χ1v) is 10.2. The summed E-state index contributed by atoms with van der Waals surface area (Å²) in [7, 11) is 0. The molecule has 0 unspecified atom stereocenters. The van der Waals surface area contributed by atoms with Crippen LogP contribution in [0.4, 0.5) is 5.69 Å². The lowest BCUT2D eigenvalue weighted by Crippen LogP contribution is -2.15. The average molecular weight is 409 g/mol. The van der Waals surface area contributed by atoms with Crippen LogP contribution >= 0.6 is 0 Å². The Kier molecular flexibility index (Phi) is 5.66. The van der Waals surface area contributed by atoms with Crippen molar-refractivity contribution in [2.45, 2.75) is 25.9 Å². The zero-order valence-electron chi connectivity index (χ0n) is 17.6. The minimum Gasteiger partial charge on any atom is -0.386 e. The summed E-state index contributed by atoms with van der Waals surface area (Å²) in [5.41, 5.74) is 4.99. The first-order chi connectivity index (χ1) is 15.0. The highest BCUT2D eigenvalue weighted by Gasteiger charge is 2.17. The quantitative estimate of drug-likeness (QED) is 0.466. The van der Waals surface area contributed by atoms with E-state index in [-0.39, 0.29) is 0 Å². The van der Waals surface area contributed by atoms with Crippen LogP contribution in [0.5, 0.6) is 0 Å². The summed E-state index contributed by atoms with van der Waals surface area (Å²) in [5, 5.41) is 24.3. The van der Waals surface area contributed by atoms with Gasteiger partial charge in [-0.2, -0.15) is 5.26 Å². The number of benzene rings is 2. The SMILES string of the molecule is CC(C)(O)c1cncc(-c2ccc3ncc(C#N)c(NCCc4ccccc4)c3c2)c1. The van der Waals surface area contributed by atoms with E-state index in [4.69, 9.17) is 0 Å². The molecular weight excluding hydrogens is 384 g/mol. The largest absolute Gasteiger partial charge is 0.386 e. The van der Waals surface area contributed by atoms with Gasteiger partial charge in [0.25, 0.3) is 0 Å². The van der Waals surface area contributed by atoms with Crippen molar-refractivity contribution < 1.29 is 5.11 Å². The van der Waals surface area contributed by atoms with Crippen LogP contribution in [-0.4, -0.2) is 21.6 Å². The van der Waals surface area contributed by atoms with Crippen molar-refractivity contribution in [2.75, 3.05) is 11.9 Å². The number of pyridine rings is 2. The lowest BCUT2D eigenvalue weighted by molar-refractivity contribution is 0.0783. The zero-order chi connectivity index (χ0) is 21.8. The van der Waals surface area contributed by atoms with Gasteiger partial charge in [-0.25, -0.2) is 0 Å². The van der Waals surface area contributed by atoms with E-state index in [1.54, 1.807) is 32.4 Å². The van der Waals surface area contributed by atoms with Crippen LogP contribution in [0.15, 0.2) is 73.2 Å². The molecule has 2 heterocycles. The second-order valence-corrected chi connectivity index (χ2v) is 8.07. The summed E-state index contributed by atoms with van der Waals surface area (Å²) in [6.07, 6.45) is 5.92. The van der Waals surface area contributed by atoms with Crippen molar-refractivity contribution >= 4 is 16.6 Å². The number of hydrogen-bond donors (Lipinski definition) is 2. The number of nitrogens with one attached hydrogen (secondary N) is 1. The summed E-state index contributed by atoms with van der Waals surface area (Å²) in [6, 6.07) is 20.4. The number of aromatic nitrogens is 2. The van der Waals surface area contributed by atoms with Crippen molar-refractivity contribution in [3.05, 3.63) is 89.9 Å². The fourth-order valence-electron chi connectivity index (χ4n) is 3.56. The molecule has 2 N–H and O–H groups in total. The minimum atomic E-state index is -0.973. The van der Waals surface area contributed by atoms with Gasteiger partial charge in [-0.1, -0.05) is 36.4 Å². The predicted molar refractivity (Wildman–Crippen MR) is 124 cm³/mol. The van der Waals surface area contributed by atoms with E-state index >= 15 is 0 Å². The third-order valence-corrected chi connectivity index (χ3v) is 5.32. The van der Waals surface area contributed by atoms with Gasteiger partial charge in [-0.05, 0) is 49.6 Å². The first kappa shape index (κ1) is 20.5. The van der Waals surface area contributed by atoms with Gasteiger partial charge >= 0.3 is 0 Å². The lowest BCUT2D eigenvalue weighted by atomic mass is 9.96. The Bertz CT molecular complexity index is 1250. The van der Waals surface area contributed by atoms with E-state index < -0.39 is 5.60 Å². The van der Waals surface area contributed by atoms with Crippen molar-refractivity contribution in [2.24, 2.45) is 0 Å². The fraction of sp³-hybridized carbons (Fsp3) is 0.192. The summed E-state index contributed by atoms with van der Waals surface area (Å²) >= 11 is 0. The number of nitriles is 1. The molecule has 0 aliphatic heterocycles. The maximum atomic E-state index is 10.3. The Morgan fingerprint density at radius 3 is 2.55 bits per heavy atom. The highest BCUT2D eigenvalue weighted by Crippen LogP contribution is 2.31. The van der Waals surface area contributed by atoms with Gasteiger partial charge in [-0.15, -0.1) is 0 Å². The van der Waals surface area contributed by atoms with E-state index in [9.17, 15) is 10.4 Å². The fourth-order valence-corrected chi connectivity index (χ4v) is 3.56. The highest BCUT2D eigenvalue weighted by atomic mass is 16.3. The zero-order valence-corrected chi connectivity index (χ0v) is 17.6. The number of hydrogen-bond acceptors (Lipinski definition) is 5. The molecule has 5 nitrogen and oxygen atoms in total. The third kappa shape index (κ3) is 4.55. The highest BCUT2D eigenvalue weighted by molar-refractivity contribution is 5.96. The summed E-state index contributed by atoms with van der Waals surface area (Å²) in [6.45, 7) is 4.19. The summed E-state index contributed by atoms with van der Waals surface area (Å²) in [4.78, 5) is 8.76. The van der Waals surface area contributed by atoms with E-state index in [0.29, 0.717) is 12.1 Å². The van der Waals surface area contributed by atoms with Gasteiger partial charge in [0.15, 0.2) is 0 Å². The molecule has 0 amide bonds. The Morgan fingerprint density at radius 1 is 1.00 bits per heavy atom. The van der Waals surface area contributed by atoms with Crippen LogP contribution in [0.1, 0.15) is 30.5 Å². The number of nitrogens with zero attached hydrogens (tertiary/aromatic N) is 3. The molecule has 0 atom stereocenters. The molecule has 0 saturated carbocycles. The number of anilines is 1. The van der Waals surface area contributed by atoms with Gasteiger partial charge in [0.05, 0.1) is 22.4 Å². The van der Waals surface area contributed by atoms with Crippen LogP contribution in [0.3, 0.4) is 0 Å². The van der Waals surface area contributed by atoms with Crippen molar-refractivity contribution in [3.8, 4) is 17.2 Å². The Morgan fingerprint density at radius 2 is 1.81 bits per heavy atom. The normalized spacial score (nSPS) is 11.3. The molecule has 0 spiro atoms. The van der Waals surface area contributed by atoms with Crippen LogP contribution < -0.4 is 5.32 Å². The van der Waals surface area contributed by atoms with Crippen LogP contribution in [0, 0.1) is 11.3 Å². The molecule has 2 aromatic heterocycles. The third-order valence-electron chi connectivity index (χ3n) is 5.32. The van der Waals surface area contributed by atoms with Crippen LogP contribution in [0.2, 0.25) is 0 Å². The van der Waals surface area contributed by atoms with E-state index in [0.717, 1.165) is 39.7 Å². The molecule has 4 rings (SSSR count). The molecule has 0 saturated heterocycles. The number of rotatable bonds is 6. The first-order valence-electron chi connectivity index (χ1n) is 10.2. The van der Waals surface area contributed by atoms with Crippen molar-refractivity contribution in [1.82, 2.24) is 9.97 Å². The van der Waals surface area contributed by atoms with Crippen molar-refractivity contribution in [1.29, 1.82) is 5.26 Å². The van der Waals surface area contributed by atoms with Gasteiger partial charge in [0.1, 0.15) is 6.07 Å². The van der Waals surface area contributed by atoms with Gasteiger partial charge in [0, 0.05) is 41.6 Å². The molecule has 154 valence electrons. The van der Waals surface area contributed by atoms with Crippen LogP contribution in [0.25, 0.3) is 22.0 Å². The van der Waals surface area contributed by atoms with E-state index in [1.807, 2.05) is 42.5 Å². The standard InChI is InChI=1S/C26H24N4O/c1-26(2,31)22-12-20(15-28-17-22)19-8-9-24-23(13-19)25(21(14-27)16-30-24)29-11-10-18-6-4-3-5-7-18/h3-9,12-13,15-17,31H,10-11H2,1-2H3,(H,29,30). The molecule has 0 aliphatic rings. The predicted octanol–water partition coefficient (Wildman–Crippen LogP) is 5.05. The molecule has 0 bridgehead atoms. The topological polar surface area (TPSA) is 81.8 Å². The Balaban J connectivity index is 1.71. The maximum Gasteiger partial charge on any atom is 0.103 e. The van der Waals surface area contributed by atoms with Crippen LogP contribution in [-0.2, 0) is 12.0 Å². The Hall–Kier alpha value is -3.75. The van der Waals surface area contributed by atoms with Crippen molar-refractivity contribution in [3.63, 3.8) is 0 Å². The average Bonchev–Trinajstić information content (AvgIpc) is 2.79. The molecule has 4 aromatic rings. The monoisotopic (exact) mass is 408 g/mol. The van der Waals surface area contributed by atoms with E-state index in [2.05, 4.69) is 33.5 Å². The summed E-state index contributed by atoms with van der Waals surface area (Å²) in [5.74, 6) is 0. The number of aliphatic hydroxyl groups is 1. The molecule has 2 aromatic carbocycles. The smallest absolute Gasteiger partial charge is 0.103 e. The Labute approximate surface area is 182 Å². The molecule has 0 fully saturated rings. The second kappa shape index (κ2) is 8.55. The molecule has 0 aliphatic carbocycles. The summed E-state index contributed by atoms with van der Waals surface area (Å²) < 4.78 is 0. The van der Waals surface area contributed by atoms with Gasteiger partial charge in [-0.3, -0.25) is 9.97 Å². The molecule has 31 heavy (non-hydrogen) atoms. The van der Waals surface area contributed by atoms with Gasteiger partial charge in [0.2, 0.25) is 0 Å². The molecule has 5 heteroatoms. The second-order valence-electron chi connectivity index (χ2n) is 8.07. The molecular formula is C26H24N4O. The van der Waals surface area contributed by atoms with Gasteiger partial charge < -0.3 is 10.4 Å². The van der Waals surface area contributed by atoms with E-state index in [1.165, 1.54) is 5.56 Å². The number of fused-ring (bicyclic) bond motifs is 1. The lowest BCUT2D eigenvalue weighted by Gasteiger charge is -2.18. The minimum absolute atomic E-state index is 0.515. The maximum absolute atomic E-state index is 10.3.